The zero-order valence-electron chi connectivity index (χ0n) is 16.5. The number of benzene rings is 1. The lowest BCUT2D eigenvalue weighted by Crippen LogP contribution is -2.37. The quantitative estimate of drug-likeness (QED) is 0.616. The van der Waals surface area contributed by atoms with E-state index in [-0.39, 0.29) is 23.3 Å². The summed E-state index contributed by atoms with van der Waals surface area (Å²) in [6.07, 6.45) is 1.89. The normalized spacial score (nSPS) is 17.5. The van der Waals surface area contributed by atoms with Crippen molar-refractivity contribution in [3.05, 3.63) is 33.7 Å². The van der Waals surface area contributed by atoms with Gasteiger partial charge in [-0.15, -0.1) is 11.8 Å². The van der Waals surface area contributed by atoms with Gasteiger partial charge in [0.25, 0.3) is 5.91 Å². The first-order chi connectivity index (χ1) is 11.9. The minimum atomic E-state index is -0.213. The largest absolute Gasteiger partial charge is 0.507 e. The van der Waals surface area contributed by atoms with E-state index >= 15 is 0 Å². The zero-order valence-corrected chi connectivity index (χ0v) is 17.3. The molecule has 0 atom stereocenters. The molecule has 26 heavy (non-hydrogen) atoms. The number of nitrogens with zero attached hydrogens (tertiary/aromatic N) is 2. The van der Waals surface area contributed by atoms with E-state index in [9.17, 15) is 9.90 Å². The van der Waals surface area contributed by atoms with Gasteiger partial charge >= 0.3 is 0 Å². The number of thioether (sulfide) groups is 1. The Labute approximate surface area is 160 Å². The third-order valence-electron chi connectivity index (χ3n) is 4.42. The van der Waals surface area contributed by atoms with Crippen molar-refractivity contribution in [1.29, 1.82) is 5.26 Å². The van der Waals surface area contributed by atoms with Crippen molar-refractivity contribution in [2.75, 3.05) is 18.8 Å². The number of carbonyl (C=O) groups is 1. The summed E-state index contributed by atoms with van der Waals surface area (Å²) >= 11 is 1.52. The van der Waals surface area contributed by atoms with Crippen LogP contribution in [0.15, 0.2) is 17.0 Å². The molecule has 1 aliphatic rings. The minimum Gasteiger partial charge on any atom is -0.507 e. The molecule has 1 saturated heterocycles. The molecule has 0 bridgehead atoms. The summed E-state index contributed by atoms with van der Waals surface area (Å²) in [7, 11) is 0. The smallest absolute Gasteiger partial charge is 0.261 e. The fraction of sp³-hybridized carbons (Fsp3) is 0.524. The number of rotatable bonds is 2. The lowest BCUT2D eigenvalue weighted by atomic mass is 9.78. The molecule has 0 aliphatic carbocycles. The Morgan fingerprint density at radius 3 is 2.19 bits per heavy atom. The van der Waals surface area contributed by atoms with E-state index in [1.165, 1.54) is 11.8 Å². The topological polar surface area (TPSA) is 64.3 Å². The first-order valence-electron chi connectivity index (χ1n) is 8.84. The lowest BCUT2D eigenvalue weighted by molar-refractivity contribution is -0.125. The van der Waals surface area contributed by atoms with Crippen LogP contribution < -0.4 is 0 Å². The summed E-state index contributed by atoms with van der Waals surface area (Å²) in [5, 5.41) is 19.7. The zero-order chi connectivity index (χ0) is 19.7. The van der Waals surface area contributed by atoms with Crippen LogP contribution in [0, 0.1) is 11.3 Å². The maximum Gasteiger partial charge on any atom is 0.261 e. The summed E-state index contributed by atoms with van der Waals surface area (Å²) in [5.74, 6) is 1.03. The van der Waals surface area contributed by atoms with Gasteiger partial charge in [-0.05, 0) is 34.6 Å². The Bertz CT molecular complexity index is 742. The van der Waals surface area contributed by atoms with Crippen LogP contribution in [0.1, 0.15) is 58.2 Å². The molecule has 5 heteroatoms. The molecule has 0 spiro atoms. The van der Waals surface area contributed by atoms with Crippen molar-refractivity contribution in [2.24, 2.45) is 0 Å². The van der Waals surface area contributed by atoms with E-state index in [2.05, 4.69) is 47.6 Å². The van der Waals surface area contributed by atoms with Gasteiger partial charge in [-0.1, -0.05) is 41.5 Å². The Balaban J connectivity index is 2.56. The first-order valence-corrected chi connectivity index (χ1v) is 9.82. The predicted octanol–water partition coefficient (Wildman–Crippen LogP) is 4.43. The summed E-state index contributed by atoms with van der Waals surface area (Å²) in [6.45, 7) is 13.1. The number of phenolic OH excluding ortho intramolecular Hbond substituents is 1. The Morgan fingerprint density at radius 2 is 1.73 bits per heavy atom. The van der Waals surface area contributed by atoms with Gasteiger partial charge in [-0.25, -0.2) is 0 Å². The highest BCUT2D eigenvalue weighted by Crippen LogP contribution is 2.40. The molecule has 0 saturated carbocycles. The molecule has 1 N–H and O–H groups in total. The Morgan fingerprint density at radius 1 is 1.19 bits per heavy atom. The fourth-order valence-electron chi connectivity index (χ4n) is 2.96. The molecule has 1 aliphatic heterocycles. The summed E-state index contributed by atoms with van der Waals surface area (Å²) < 4.78 is 0. The van der Waals surface area contributed by atoms with Gasteiger partial charge in [0.05, 0.1) is 11.0 Å². The maximum absolute atomic E-state index is 12.6. The van der Waals surface area contributed by atoms with Crippen molar-refractivity contribution < 1.29 is 9.90 Å². The average Bonchev–Trinajstić information content (AvgIpc) is 2.50. The number of aromatic hydroxyl groups is 1. The second kappa shape index (κ2) is 7.36. The van der Waals surface area contributed by atoms with Crippen LogP contribution in [0.4, 0.5) is 0 Å². The van der Waals surface area contributed by atoms with E-state index in [1.54, 1.807) is 4.90 Å². The highest BCUT2D eigenvalue weighted by atomic mass is 32.2. The number of carbonyl (C=O) groups excluding carboxylic acids is 1. The van der Waals surface area contributed by atoms with Gasteiger partial charge in [-0.2, -0.15) is 5.26 Å². The SMILES string of the molecule is CC(C)(C)c1cc(C=C2SCCN(CC#N)C2=O)cc(C(C)(C)C)c1O. The minimum absolute atomic E-state index is 0.0921. The molecule has 0 unspecified atom stereocenters. The van der Waals surface area contributed by atoms with Gasteiger partial charge in [0.2, 0.25) is 0 Å². The second-order valence-corrected chi connectivity index (χ2v) is 9.84. The van der Waals surface area contributed by atoms with Gasteiger partial charge in [0, 0.05) is 23.4 Å². The molecule has 1 fully saturated rings. The second-order valence-electron chi connectivity index (χ2n) is 8.71. The van der Waals surface area contributed by atoms with Gasteiger partial charge < -0.3 is 10.0 Å². The fourth-order valence-corrected chi connectivity index (χ4v) is 3.96. The molecule has 1 aromatic carbocycles. The number of hydrogen-bond donors (Lipinski definition) is 1. The number of amides is 1. The molecule has 1 heterocycles. The van der Waals surface area contributed by atoms with Crippen LogP contribution in [-0.4, -0.2) is 34.8 Å². The maximum atomic E-state index is 12.6. The van der Waals surface area contributed by atoms with Crippen LogP contribution in [0.25, 0.3) is 6.08 Å². The van der Waals surface area contributed by atoms with Crippen molar-refractivity contribution in [3.63, 3.8) is 0 Å². The summed E-state index contributed by atoms with van der Waals surface area (Å²) in [4.78, 5) is 14.8. The van der Waals surface area contributed by atoms with E-state index in [1.807, 2.05) is 18.2 Å². The molecule has 1 aromatic rings. The molecule has 140 valence electrons. The average molecular weight is 373 g/mol. The standard InChI is InChI=1S/C21H28N2O2S/c1-20(2,3)15-11-14(12-16(18(15)24)21(4,5)6)13-17-19(25)23(8-7-22)9-10-26-17/h11-13,24H,8-10H2,1-6H3. The van der Waals surface area contributed by atoms with Gasteiger partial charge in [-0.3, -0.25) is 4.79 Å². The molecule has 0 aromatic heterocycles. The highest BCUT2D eigenvalue weighted by Gasteiger charge is 2.27. The lowest BCUT2D eigenvalue weighted by Gasteiger charge is -2.28. The van der Waals surface area contributed by atoms with Crippen LogP contribution >= 0.6 is 11.8 Å². The Kier molecular flexibility index (Phi) is 5.77. The number of phenols is 1. The molecular formula is C21H28N2O2S. The Hall–Kier alpha value is -1.93. The summed E-state index contributed by atoms with van der Waals surface area (Å²) in [5.41, 5.74) is 2.23. The van der Waals surface area contributed by atoms with Crippen molar-refractivity contribution in [3.8, 4) is 11.8 Å². The summed E-state index contributed by atoms with van der Waals surface area (Å²) in [6, 6.07) is 5.99. The predicted molar refractivity (Wildman–Crippen MR) is 108 cm³/mol. The van der Waals surface area contributed by atoms with E-state index in [0.717, 1.165) is 22.4 Å². The van der Waals surface area contributed by atoms with Gasteiger partial charge in [0.15, 0.2) is 0 Å². The molecule has 2 rings (SSSR count). The third kappa shape index (κ3) is 4.42. The molecule has 4 nitrogen and oxygen atoms in total. The monoisotopic (exact) mass is 372 g/mol. The molecule has 1 amide bonds. The molecule has 0 radical (unpaired) electrons. The van der Waals surface area contributed by atoms with Crippen molar-refractivity contribution in [1.82, 2.24) is 4.90 Å². The van der Waals surface area contributed by atoms with E-state index in [4.69, 9.17) is 5.26 Å². The third-order valence-corrected chi connectivity index (χ3v) is 5.41. The van der Waals surface area contributed by atoms with Crippen molar-refractivity contribution in [2.45, 2.75) is 52.4 Å². The van der Waals surface area contributed by atoms with Crippen LogP contribution in [0.2, 0.25) is 0 Å². The van der Waals surface area contributed by atoms with Crippen LogP contribution in [0.3, 0.4) is 0 Å². The van der Waals surface area contributed by atoms with E-state index < -0.39 is 0 Å². The number of nitriles is 1. The highest BCUT2D eigenvalue weighted by molar-refractivity contribution is 8.04. The number of hydrogen-bond acceptors (Lipinski definition) is 4. The van der Waals surface area contributed by atoms with Gasteiger partial charge in [0.1, 0.15) is 12.3 Å². The van der Waals surface area contributed by atoms with Crippen LogP contribution in [-0.2, 0) is 15.6 Å². The van der Waals surface area contributed by atoms with Crippen LogP contribution in [0.5, 0.6) is 5.75 Å². The first kappa shape index (κ1) is 20.4. The van der Waals surface area contributed by atoms with E-state index in [0.29, 0.717) is 17.2 Å². The molecular weight excluding hydrogens is 344 g/mol. The van der Waals surface area contributed by atoms with Crippen molar-refractivity contribution >= 4 is 23.7 Å².